The van der Waals surface area contributed by atoms with E-state index in [1.807, 2.05) is 31.2 Å². The van der Waals surface area contributed by atoms with E-state index in [9.17, 15) is 22.3 Å². The van der Waals surface area contributed by atoms with Crippen molar-refractivity contribution >= 4 is 37.7 Å². The number of hydrogen-bond acceptors (Lipinski definition) is 6. The standard InChI is InChI=1S/C25H26N4O5S2/c1-16-6-12-19(13-7-16)35(31,32)28-22(25-26-20-4-2-3-5-21(20)27-25)14-17-8-10-18(11-9-17)23-15-24(30)29-36(23,33)34/h2-13,22-23,28,33-34H,14-15H2,1H3,(H,26,27)(H,29,30)/t22-,23?/m0/s1. The summed E-state index contributed by atoms with van der Waals surface area (Å²) in [6, 6.07) is 20.5. The molecular weight excluding hydrogens is 500 g/mol. The second-order valence-electron chi connectivity index (χ2n) is 8.88. The molecule has 5 N–H and O–H groups in total. The quantitative estimate of drug-likeness (QED) is 0.242. The van der Waals surface area contributed by atoms with Gasteiger partial charge in [-0.3, -0.25) is 18.6 Å². The number of sulfonamides is 1. The summed E-state index contributed by atoms with van der Waals surface area (Å²) in [5.41, 5.74) is 3.91. The predicted octanol–water partition coefficient (Wildman–Crippen LogP) is 4.36. The van der Waals surface area contributed by atoms with Gasteiger partial charge in [0.05, 0.1) is 28.4 Å². The molecule has 2 heterocycles. The molecule has 4 aromatic rings. The van der Waals surface area contributed by atoms with Gasteiger partial charge in [-0.2, -0.15) is 0 Å². The number of aromatic nitrogens is 2. The molecule has 0 spiro atoms. The number of aromatic amines is 1. The Hall–Kier alpha value is -3.22. The van der Waals surface area contributed by atoms with Crippen LogP contribution in [0.3, 0.4) is 0 Å². The van der Waals surface area contributed by atoms with Crippen molar-refractivity contribution in [3.8, 4) is 0 Å². The number of imidazole rings is 1. The van der Waals surface area contributed by atoms with Gasteiger partial charge >= 0.3 is 0 Å². The van der Waals surface area contributed by atoms with E-state index in [4.69, 9.17) is 0 Å². The topological polar surface area (TPSA) is 144 Å². The minimum absolute atomic E-state index is 0.000358. The van der Waals surface area contributed by atoms with Crippen LogP contribution in [0.1, 0.15) is 40.2 Å². The lowest BCUT2D eigenvalue weighted by atomic mass is 10.0. The van der Waals surface area contributed by atoms with Crippen LogP contribution in [0.4, 0.5) is 0 Å². The highest BCUT2D eigenvalue weighted by atomic mass is 32.3. The molecule has 188 valence electrons. The smallest absolute Gasteiger partial charge is 0.241 e. The SMILES string of the molecule is Cc1ccc(S(=O)(=O)N[C@@H](Cc2ccc(C3CC(=O)NS3(O)O)cc2)c2nc3ccccc3[nH]2)cc1. The van der Waals surface area contributed by atoms with Gasteiger partial charge in [0.1, 0.15) is 11.1 Å². The highest BCUT2D eigenvalue weighted by Gasteiger charge is 2.38. The van der Waals surface area contributed by atoms with Gasteiger partial charge in [-0.1, -0.05) is 54.1 Å². The Labute approximate surface area is 210 Å². The first-order valence-corrected chi connectivity index (χ1v) is 14.4. The molecule has 0 aliphatic carbocycles. The maximum Gasteiger partial charge on any atom is 0.241 e. The monoisotopic (exact) mass is 526 g/mol. The van der Waals surface area contributed by atoms with E-state index >= 15 is 0 Å². The van der Waals surface area contributed by atoms with Gasteiger partial charge < -0.3 is 4.98 Å². The van der Waals surface area contributed by atoms with E-state index in [1.54, 1.807) is 48.5 Å². The van der Waals surface area contributed by atoms with Crippen molar-refractivity contribution in [3.63, 3.8) is 0 Å². The molecule has 1 aromatic heterocycles. The van der Waals surface area contributed by atoms with Crippen LogP contribution in [-0.2, 0) is 21.2 Å². The first kappa shape index (κ1) is 24.5. The van der Waals surface area contributed by atoms with Gasteiger partial charge in [0.2, 0.25) is 15.9 Å². The molecule has 3 aromatic carbocycles. The van der Waals surface area contributed by atoms with Crippen LogP contribution in [0.25, 0.3) is 11.0 Å². The Balaban J connectivity index is 1.45. The Morgan fingerprint density at radius 1 is 1.06 bits per heavy atom. The number of nitrogens with zero attached hydrogens (tertiary/aromatic N) is 1. The zero-order valence-corrected chi connectivity index (χ0v) is 21.0. The molecule has 2 atom stereocenters. The van der Waals surface area contributed by atoms with E-state index in [-0.39, 0.29) is 11.3 Å². The van der Waals surface area contributed by atoms with Crippen LogP contribution >= 0.6 is 10.8 Å². The molecule has 5 rings (SSSR count). The number of aryl methyl sites for hydroxylation is 1. The summed E-state index contributed by atoms with van der Waals surface area (Å²) in [6.07, 6.45) is 0.295. The minimum Gasteiger partial charge on any atom is -0.341 e. The van der Waals surface area contributed by atoms with Gasteiger partial charge in [0, 0.05) is 0 Å². The summed E-state index contributed by atoms with van der Waals surface area (Å²) >= 11 is 0. The Morgan fingerprint density at radius 3 is 2.39 bits per heavy atom. The van der Waals surface area contributed by atoms with E-state index < -0.39 is 38.0 Å². The number of H-pyrrole nitrogens is 1. The van der Waals surface area contributed by atoms with E-state index in [0.29, 0.717) is 17.8 Å². The van der Waals surface area contributed by atoms with Crippen molar-refractivity contribution < 1.29 is 22.3 Å². The zero-order chi connectivity index (χ0) is 25.5. The number of carbonyl (C=O) groups is 1. The Kier molecular flexibility index (Phi) is 6.35. The average Bonchev–Trinajstić information content (AvgIpc) is 3.38. The van der Waals surface area contributed by atoms with Gasteiger partial charge in [-0.15, -0.1) is 10.8 Å². The number of nitrogens with one attached hydrogen (secondary N) is 3. The number of hydrogen-bond donors (Lipinski definition) is 5. The molecule has 1 unspecified atom stereocenters. The van der Waals surface area contributed by atoms with Crippen molar-refractivity contribution in [3.05, 3.63) is 95.3 Å². The molecule has 0 radical (unpaired) electrons. The molecule has 1 fully saturated rings. The molecule has 0 saturated carbocycles. The average molecular weight is 527 g/mol. The summed E-state index contributed by atoms with van der Waals surface area (Å²) in [5, 5.41) is -0.717. The lowest BCUT2D eigenvalue weighted by Crippen LogP contribution is -2.31. The number of carbonyl (C=O) groups excluding carboxylic acids is 1. The molecule has 11 heteroatoms. The third kappa shape index (κ3) is 5.01. The number of para-hydroxylation sites is 2. The number of rotatable bonds is 7. The molecular formula is C25H26N4O5S2. The maximum atomic E-state index is 13.2. The van der Waals surface area contributed by atoms with Crippen LogP contribution in [0.15, 0.2) is 77.7 Å². The van der Waals surface area contributed by atoms with Crippen LogP contribution < -0.4 is 9.44 Å². The molecule has 1 aliphatic heterocycles. The number of benzene rings is 3. The second-order valence-corrected chi connectivity index (χ2v) is 12.6. The fourth-order valence-electron chi connectivity index (χ4n) is 4.28. The predicted molar refractivity (Wildman–Crippen MR) is 139 cm³/mol. The number of fused-ring (bicyclic) bond motifs is 1. The van der Waals surface area contributed by atoms with Crippen molar-refractivity contribution in [2.24, 2.45) is 0 Å². The van der Waals surface area contributed by atoms with Crippen molar-refractivity contribution in [1.82, 2.24) is 19.4 Å². The fraction of sp³-hybridized carbons (Fsp3) is 0.200. The largest absolute Gasteiger partial charge is 0.341 e. The van der Waals surface area contributed by atoms with Gasteiger partial charge in [0.25, 0.3) is 0 Å². The molecule has 0 bridgehead atoms. The fourth-order valence-corrected chi connectivity index (χ4v) is 6.96. The summed E-state index contributed by atoms with van der Waals surface area (Å²) in [7, 11) is -7.09. The molecule has 9 nitrogen and oxygen atoms in total. The highest BCUT2D eigenvalue weighted by Crippen LogP contribution is 2.56. The normalized spacial score (nSPS) is 19.2. The summed E-state index contributed by atoms with van der Waals surface area (Å²) in [5.74, 6) is 0.0790. The third-order valence-corrected chi connectivity index (χ3v) is 9.44. The number of amides is 1. The van der Waals surface area contributed by atoms with Crippen molar-refractivity contribution in [2.45, 2.75) is 36.0 Å². The van der Waals surface area contributed by atoms with E-state index in [0.717, 1.165) is 22.2 Å². The minimum atomic E-state index is -3.84. The summed E-state index contributed by atoms with van der Waals surface area (Å²) in [6.45, 7) is 1.89. The lowest BCUT2D eigenvalue weighted by molar-refractivity contribution is -0.118. The summed E-state index contributed by atoms with van der Waals surface area (Å²) in [4.78, 5) is 19.7. The zero-order valence-electron chi connectivity index (χ0n) is 19.4. The first-order valence-electron chi connectivity index (χ1n) is 11.3. The van der Waals surface area contributed by atoms with Crippen molar-refractivity contribution in [1.29, 1.82) is 0 Å². The third-order valence-electron chi connectivity index (χ3n) is 6.19. The van der Waals surface area contributed by atoms with Gasteiger partial charge in [-0.05, 0) is 48.7 Å². The van der Waals surface area contributed by atoms with E-state index in [1.165, 1.54) is 0 Å². The van der Waals surface area contributed by atoms with Crippen LogP contribution in [0.5, 0.6) is 0 Å². The Morgan fingerprint density at radius 2 is 1.75 bits per heavy atom. The molecule has 1 aliphatic rings. The van der Waals surface area contributed by atoms with E-state index in [2.05, 4.69) is 19.4 Å². The van der Waals surface area contributed by atoms with Crippen LogP contribution in [0.2, 0.25) is 0 Å². The second kappa shape index (κ2) is 9.34. The van der Waals surface area contributed by atoms with Gasteiger partial charge in [-0.25, -0.2) is 18.1 Å². The van der Waals surface area contributed by atoms with Crippen LogP contribution in [-0.4, -0.2) is 33.4 Å². The lowest BCUT2D eigenvalue weighted by Gasteiger charge is -2.32. The maximum absolute atomic E-state index is 13.2. The van der Waals surface area contributed by atoms with Gasteiger partial charge in [0.15, 0.2) is 0 Å². The summed E-state index contributed by atoms with van der Waals surface area (Å²) < 4.78 is 51.8. The van der Waals surface area contributed by atoms with Crippen LogP contribution in [0, 0.1) is 6.92 Å². The first-order chi connectivity index (χ1) is 17.1. The molecule has 36 heavy (non-hydrogen) atoms. The van der Waals surface area contributed by atoms with Crippen molar-refractivity contribution in [2.75, 3.05) is 0 Å². The molecule has 1 amide bonds. The molecule has 1 saturated heterocycles. The highest BCUT2D eigenvalue weighted by molar-refractivity contribution is 8.23. The Bertz CT molecular complexity index is 1480.